The average molecular weight is 524 g/mol. The number of nitrogens with one attached hydrogen (secondary N) is 1. The van der Waals surface area contributed by atoms with E-state index in [1.54, 1.807) is 29.3 Å². The molecule has 0 aliphatic carbocycles. The van der Waals surface area contributed by atoms with Gasteiger partial charge in [-0.25, -0.2) is 4.98 Å². The van der Waals surface area contributed by atoms with Gasteiger partial charge in [0.1, 0.15) is 16.9 Å². The van der Waals surface area contributed by atoms with E-state index in [-0.39, 0.29) is 24.0 Å². The topological polar surface area (TPSA) is 98.6 Å². The summed E-state index contributed by atoms with van der Waals surface area (Å²) in [6.45, 7) is 7.76. The Kier molecular flexibility index (Phi) is 7.43. The predicted octanol–water partition coefficient (Wildman–Crippen LogP) is 4.55. The van der Waals surface area contributed by atoms with Gasteiger partial charge in [0.05, 0.1) is 30.3 Å². The molecule has 9 nitrogen and oxygen atoms in total. The number of carbonyl (C=O) groups excluding carboxylic acids is 2. The van der Waals surface area contributed by atoms with Crippen LogP contribution in [0.3, 0.4) is 0 Å². The molecule has 2 aliphatic heterocycles. The quantitative estimate of drug-likeness (QED) is 0.476. The molecule has 2 aliphatic rings. The summed E-state index contributed by atoms with van der Waals surface area (Å²) in [5.41, 5.74) is 2.51. The molecule has 0 spiro atoms. The molecule has 2 unspecified atom stereocenters. The Labute approximate surface area is 220 Å². The van der Waals surface area contributed by atoms with Gasteiger partial charge in [0.2, 0.25) is 11.9 Å². The third kappa shape index (κ3) is 5.33. The molecule has 37 heavy (non-hydrogen) atoms. The summed E-state index contributed by atoms with van der Waals surface area (Å²) >= 11 is 6.95. The first-order valence-corrected chi connectivity index (χ1v) is 12.9. The second-order valence-corrected chi connectivity index (χ2v) is 9.81. The van der Waals surface area contributed by atoms with Crippen LogP contribution in [-0.2, 0) is 9.53 Å². The first-order valence-electron chi connectivity index (χ1n) is 12.5. The van der Waals surface area contributed by atoms with E-state index in [0.29, 0.717) is 59.6 Å². The van der Waals surface area contributed by atoms with E-state index in [4.69, 9.17) is 26.1 Å². The Balaban J connectivity index is 1.58. The van der Waals surface area contributed by atoms with Crippen molar-refractivity contribution >= 4 is 40.4 Å². The minimum atomic E-state index is -0.301. The number of fused-ring (bicyclic) bond motifs is 1. The van der Waals surface area contributed by atoms with Gasteiger partial charge in [0.15, 0.2) is 0 Å². The summed E-state index contributed by atoms with van der Waals surface area (Å²) in [7, 11) is 0. The summed E-state index contributed by atoms with van der Waals surface area (Å²) < 4.78 is 13.6. The number of anilines is 1. The van der Waals surface area contributed by atoms with Crippen LogP contribution in [-0.4, -0.2) is 63.7 Å². The molecular formula is C27H30ClN5O4. The largest absolute Gasteiger partial charge is 0.486 e. The van der Waals surface area contributed by atoms with E-state index in [1.165, 1.54) is 6.08 Å². The highest BCUT2D eigenvalue weighted by atomic mass is 35.5. The van der Waals surface area contributed by atoms with E-state index in [0.717, 1.165) is 31.4 Å². The lowest BCUT2D eigenvalue weighted by Gasteiger charge is -2.26. The predicted molar refractivity (Wildman–Crippen MR) is 141 cm³/mol. The number of rotatable bonds is 6. The number of carbonyl (C=O) groups is 2. The fourth-order valence-electron chi connectivity index (χ4n) is 4.97. The molecule has 194 valence electrons. The van der Waals surface area contributed by atoms with Crippen molar-refractivity contribution in [3.63, 3.8) is 0 Å². The van der Waals surface area contributed by atoms with E-state index < -0.39 is 0 Å². The number of hydrogen-bond donors (Lipinski definition) is 1. The van der Waals surface area contributed by atoms with Gasteiger partial charge >= 0.3 is 0 Å². The Morgan fingerprint density at radius 1 is 1.27 bits per heavy atom. The Morgan fingerprint density at radius 2 is 2.14 bits per heavy atom. The monoisotopic (exact) mass is 523 g/mol. The number of aryl methyl sites for hydroxylation is 1. The lowest BCUT2D eigenvalue weighted by Crippen LogP contribution is -2.34. The second-order valence-electron chi connectivity index (χ2n) is 9.43. The summed E-state index contributed by atoms with van der Waals surface area (Å²) in [4.78, 5) is 36.5. The lowest BCUT2D eigenvalue weighted by atomic mass is 10.1. The maximum Gasteiger partial charge on any atom is 0.258 e. The number of aromatic nitrogens is 3. The van der Waals surface area contributed by atoms with Crippen molar-refractivity contribution in [2.24, 2.45) is 0 Å². The Morgan fingerprint density at radius 3 is 2.89 bits per heavy atom. The second kappa shape index (κ2) is 10.9. The summed E-state index contributed by atoms with van der Waals surface area (Å²) in [6.07, 6.45) is 6.25. The van der Waals surface area contributed by atoms with Crippen LogP contribution in [0.5, 0.6) is 5.75 Å². The van der Waals surface area contributed by atoms with E-state index in [9.17, 15) is 9.59 Å². The van der Waals surface area contributed by atoms with Crippen LogP contribution in [0.25, 0.3) is 11.0 Å². The smallest absolute Gasteiger partial charge is 0.258 e. The van der Waals surface area contributed by atoms with Crippen LogP contribution in [0.4, 0.5) is 5.95 Å². The minimum Gasteiger partial charge on any atom is -0.486 e. The molecule has 1 N–H and O–H groups in total. The number of hydrogen-bond acceptors (Lipinski definition) is 6. The van der Waals surface area contributed by atoms with Gasteiger partial charge < -0.3 is 18.9 Å². The summed E-state index contributed by atoms with van der Waals surface area (Å²) in [6, 6.07) is 6.88. The molecule has 2 aromatic heterocycles. The van der Waals surface area contributed by atoms with Gasteiger partial charge in [-0.1, -0.05) is 18.2 Å². The third-order valence-electron chi connectivity index (χ3n) is 6.82. The van der Waals surface area contributed by atoms with Crippen LogP contribution in [0.2, 0.25) is 5.02 Å². The minimum absolute atomic E-state index is 0.0704. The maximum atomic E-state index is 13.2. The zero-order valence-corrected chi connectivity index (χ0v) is 21.5. The van der Waals surface area contributed by atoms with Crippen molar-refractivity contribution in [1.29, 1.82) is 0 Å². The molecule has 4 heterocycles. The van der Waals surface area contributed by atoms with Crippen LogP contribution in [0, 0.1) is 6.92 Å². The number of ether oxygens (including phenoxy) is 2. The number of nitrogens with zero attached hydrogens (tertiary/aromatic N) is 4. The van der Waals surface area contributed by atoms with Crippen molar-refractivity contribution in [2.45, 2.75) is 44.8 Å². The molecule has 2 amide bonds. The van der Waals surface area contributed by atoms with Crippen LogP contribution in [0.15, 0.2) is 43.1 Å². The van der Waals surface area contributed by atoms with E-state index >= 15 is 0 Å². The molecule has 0 saturated carbocycles. The normalized spacial score (nSPS) is 20.0. The number of halogens is 1. The van der Waals surface area contributed by atoms with Gasteiger partial charge in [0.25, 0.3) is 5.91 Å². The van der Waals surface area contributed by atoms with Crippen LogP contribution in [0.1, 0.15) is 47.8 Å². The summed E-state index contributed by atoms with van der Waals surface area (Å²) in [5, 5.41) is 3.40. The zero-order valence-electron chi connectivity index (χ0n) is 20.8. The van der Waals surface area contributed by atoms with Gasteiger partial charge in [-0.3, -0.25) is 19.9 Å². The molecule has 1 aromatic carbocycles. The number of benzene rings is 1. The number of amides is 2. The van der Waals surface area contributed by atoms with E-state index in [1.807, 2.05) is 17.6 Å². The van der Waals surface area contributed by atoms with Crippen molar-refractivity contribution in [2.75, 3.05) is 31.6 Å². The van der Waals surface area contributed by atoms with Gasteiger partial charge in [-0.15, -0.1) is 0 Å². The average Bonchev–Trinajstić information content (AvgIpc) is 3.46. The molecular weight excluding hydrogens is 494 g/mol. The summed E-state index contributed by atoms with van der Waals surface area (Å²) in [5.74, 6) is 0.493. The molecule has 5 rings (SSSR count). The van der Waals surface area contributed by atoms with Gasteiger partial charge in [0, 0.05) is 37.0 Å². The van der Waals surface area contributed by atoms with Crippen molar-refractivity contribution in [3.8, 4) is 5.75 Å². The molecule has 10 heteroatoms. The van der Waals surface area contributed by atoms with Crippen molar-refractivity contribution < 1.29 is 19.1 Å². The van der Waals surface area contributed by atoms with Crippen LogP contribution >= 0.6 is 11.6 Å². The number of imidazole rings is 1. The molecule has 2 fully saturated rings. The molecule has 2 saturated heterocycles. The molecule has 3 aromatic rings. The number of likely N-dealkylation sites (tertiary alicyclic amines) is 1. The van der Waals surface area contributed by atoms with Crippen molar-refractivity contribution in [1.82, 2.24) is 19.4 Å². The number of pyridine rings is 1. The third-order valence-corrected chi connectivity index (χ3v) is 7.18. The van der Waals surface area contributed by atoms with E-state index in [2.05, 4.69) is 16.9 Å². The van der Waals surface area contributed by atoms with Crippen LogP contribution < -0.4 is 10.1 Å². The molecule has 0 radical (unpaired) electrons. The van der Waals surface area contributed by atoms with Gasteiger partial charge in [-0.2, -0.15) is 0 Å². The lowest BCUT2D eigenvalue weighted by molar-refractivity contribution is -0.126. The maximum absolute atomic E-state index is 13.2. The highest BCUT2D eigenvalue weighted by molar-refractivity contribution is 6.36. The SMILES string of the molecule is C=CC(=O)N1CCCCC(n2c(NC(=O)c3ccnc(C)c3)nc3ccc(OC4CCOC4)c(Cl)c32)C1. The van der Waals surface area contributed by atoms with Gasteiger partial charge in [-0.05, 0) is 56.5 Å². The highest BCUT2D eigenvalue weighted by Gasteiger charge is 2.29. The Hall–Kier alpha value is -3.43. The highest BCUT2D eigenvalue weighted by Crippen LogP contribution is 2.39. The first-order chi connectivity index (χ1) is 17.9. The molecule has 2 atom stereocenters. The molecule has 0 bridgehead atoms. The zero-order chi connectivity index (χ0) is 25.9. The van der Waals surface area contributed by atoms with Crippen molar-refractivity contribution in [3.05, 3.63) is 59.4 Å². The standard InChI is InChI=1S/C27H30ClN5O4/c1-3-23(34)32-12-5-4-6-19(15-32)33-25-21(7-8-22(24(25)28)37-20-10-13-36-16-20)30-27(33)31-26(35)18-9-11-29-17(2)14-18/h3,7-9,11,14,19-20H,1,4-6,10,12-13,15-16H2,2H3,(H,30,31,35). The fraction of sp³-hybridized carbons (Fsp3) is 0.407. The first kappa shape index (κ1) is 25.2. The Bertz CT molecular complexity index is 1330. The fourth-order valence-corrected chi connectivity index (χ4v) is 5.26.